The van der Waals surface area contributed by atoms with E-state index >= 15 is 0 Å². The van der Waals surface area contributed by atoms with Crippen LogP contribution in [-0.4, -0.2) is 110 Å². The predicted octanol–water partition coefficient (Wildman–Crippen LogP) is 8.53. The highest BCUT2D eigenvalue weighted by atomic mass is 16.7. The zero-order valence-electron chi connectivity index (χ0n) is 38.2. The zero-order valence-corrected chi connectivity index (χ0v) is 38.2. The van der Waals surface area contributed by atoms with Gasteiger partial charge in [0.25, 0.3) is 0 Å². The molecule has 0 bridgehead atoms. The first-order valence-corrected chi connectivity index (χ1v) is 24.8. The van der Waals surface area contributed by atoms with Crippen LogP contribution in [0.1, 0.15) is 226 Å². The molecule has 8 N–H and O–H groups in total. The maximum Gasteiger partial charge on any atom is 0.249 e. The van der Waals surface area contributed by atoms with E-state index in [9.17, 15) is 40.5 Å². The Morgan fingerprint density at radius 1 is 0.559 bits per heavy atom. The lowest BCUT2D eigenvalue weighted by Crippen LogP contribution is -2.60. The van der Waals surface area contributed by atoms with E-state index in [-0.39, 0.29) is 6.42 Å². The minimum atomic E-state index is -1.66. The topological polar surface area (TPSA) is 189 Å². The average molecular weight is 846 g/mol. The van der Waals surface area contributed by atoms with E-state index in [2.05, 4.69) is 26.1 Å². The minimum Gasteiger partial charge on any atom is -0.394 e. The quantitative estimate of drug-likeness (QED) is 0.0277. The zero-order chi connectivity index (χ0) is 43.5. The van der Waals surface area contributed by atoms with Crippen LogP contribution in [0.25, 0.3) is 0 Å². The van der Waals surface area contributed by atoms with Gasteiger partial charge >= 0.3 is 0 Å². The largest absolute Gasteiger partial charge is 0.394 e. The Bertz CT molecular complexity index is 941. The Labute approximate surface area is 360 Å². The number of carbonyl (C=O) groups excluding carboxylic acids is 1. The number of amides is 1. The van der Waals surface area contributed by atoms with Crippen molar-refractivity contribution in [3.8, 4) is 0 Å². The molecular formula is C48H95NO10. The molecule has 0 aromatic carbocycles. The van der Waals surface area contributed by atoms with Gasteiger partial charge < -0.3 is 50.5 Å². The van der Waals surface area contributed by atoms with Crippen molar-refractivity contribution in [3.63, 3.8) is 0 Å². The standard InChI is InChI=1S/C48H95NO10/c1-4-5-6-7-8-9-10-11-12-13-14-15-16-17-18-19-22-26-29-32-35-41(52)47(57)49-39(37-58-48-46(56)45(55)44(54)42(36-50)59-48)43(53)40(51)34-31-28-25-23-20-21-24-27-30-33-38(2)3/h38-46,48,50-56H,4-37H2,1-3H3,(H,49,57)/t39?,40?,41-,42?,43+,44-,45?,46?,48-/m1/s1. The first-order chi connectivity index (χ1) is 28.5. The summed E-state index contributed by atoms with van der Waals surface area (Å²) in [6.07, 6.45) is 25.9. The predicted molar refractivity (Wildman–Crippen MR) is 238 cm³/mol. The molecule has 0 saturated carbocycles. The highest BCUT2D eigenvalue weighted by Gasteiger charge is 2.44. The average Bonchev–Trinajstić information content (AvgIpc) is 3.22. The molecule has 11 nitrogen and oxygen atoms in total. The molecule has 11 heteroatoms. The van der Waals surface area contributed by atoms with Crippen molar-refractivity contribution in [2.75, 3.05) is 13.2 Å². The minimum absolute atomic E-state index is 0.266. The fourth-order valence-corrected chi connectivity index (χ4v) is 8.21. The molecule has 1 heterocycles. The molecule has 0 aliphatic carbocycles. The molecular weight excluding hydrogens is 751 g/mol. The highest BCUT2D eigenvalue weighted by Crippen LogP contribution is 2.23. The van der Waals surface area contributed by atoms with E-state index in [4.69, 9.17) is 9.47 Å². The molecule has 0 radical (unpaired) electrons. The van der Waals surface area contributed by atoms with Crippen molar-refractivity contribution in [2.24, 2.45) is 5.92 Å². The SMILES string of the molecule is CCCCCCCCCCCCCCCCCCCCCC[C@@H](O)C(=O)NC(CO[C@@H]1OC(CO)[C@@H](O)C(O)C1O)[C@H](O)C(O)CCCCCCCCCCCC(C)C. The molecule has 1 aliphatic heterocycles. The van der Waals surface area contributed by atoms with Crippen LogP contribution < -0.4 is 5.32 Å². The molecule has 5 unspecified atom stereocenters. The number of aliphatic hydroxyl groups excluding tert-OH is 7. The normalized spacial score (nSPS) is 21.8. The van der Waals surface area contributed by atoms with Gasteiger partial charge in [0.05, 0.1) is 25.4 Å². The molecule has 1 fully saturated rings. The molecule has 1 rings (SSSR count). The number of carbonyl (C=O) groups is 1. The molecule has 0 aromatic rings. The summed E-state index contributed by atoms with van der Waals surface area (Å²) in [7, 11) is 0. The van der Waals surface area contributed by atoms with Crippen molar-refractivity contribution in [3.05, 3.63) is 0 Å². The maximum atomic E-state index is 13.1. The van der Waals surface area contributed by atoms with Crippen molar-refractivity contribution in [2.45, 2.75) is 281 Å². The van der Waals surface area contributed by atoms with Crippen molar-refractivity contribution < 1.29 is 50.0 Å². The van der Waals surface area contributed by atoms with Gasteiger partial charge in [-0.2, -0.15) is 0 Å². The molecule has 0 aromatic heterocycles. The van der Waals surface area contributed by atoms with Gasteiger partial charge in [-0.15, -0.1) is 0 Å². The van der Waals surface area contributed by atoms with Crippen LogP contribution in [0.5, 0.6) is 0 Å². The van der Waals surface area contributed by atoms with Gasteiger partial charge in [0.2, 0.25) is 5.91 Å². The lowest BCUT2D eigenvalue weighted by molar-refractivity contribution is -0.303. The highest BCUT2D eigenvalue weighted by molar-refractivity contribution is 5.80. The summed E-state index contributed by atoms with van der Waals surface area (Å²) in [5.41, 5.74) is 0. The van der Waals surface area contributed by atoms with Crippen LogP contribution in [0.15, 0.2) is 0 Å². The van der Waals surface area contributed by atoms with Crippen molar-refractivity contribution >= 4 is 5.91 Å². The first kappa shape index (κ1) is 56.1. The number of hydrogen-bond donors (Lipinski definition) is 8. The maximum absolute atomic E-state index is 13.1. The fourth-order valence-electron chi connectivity index (χ4n) is 8.21. The van der Waals surface area contributed by atoms with Crippen molar-refractivity contribution in [1.29, 1.82) is 0 Å². The van der Waals surface area contributed by atoms with E-state index in [1.165, 1.54) is 141 Å². The Morgan fingerprint density at radius 2 is 0.949 bits per heavy atom. The Hall–Kier alpha value is -0.890. The summed E-state index contributed by atoms with van der Waals surface area (Å²) in [5.74, 6) is 0.0701. The number of aliphatic hydroxyl groups is 7. The number of unbranched alkanes of at least 4 members (excludes halogenated alkanes) is 27. The second-order valence-electron chi connectivity index (χ2n) is 18.4. The number of rotatable bonds is 41. The Kier molecular flexibility index (Phi) is 35.8. The van der Waals surface area contributed by atoms with Gasteiger partial charge in [0, 0.05) is 0 Å². The van der Waals surface area contributed by atoms with Crippen molar-refractivity contribution in [1.82, 2.24) is 5.32 Å². The smallest absolute Gasteiger partial charge is 0.249 e. The Balaban J connectivity index is 2.37. The van der Waals surface area contributed by atoms with Gasteiger partial charge in [0.1, 0.15) is 36.6 Å². The van der Waals surface area contributed by atoms with Gasteiger partial charge in [-0.3, -0.25) is 4.79 Å². The lowest BCUT2D eigenvalue weighted by atomic mass is 9.98. The van der Waals surface area contributed by atoms with Crippen LogP contribution in [-0.2, 0) is 14.3 Å². The van der Waals surface area contributed by atoms with Crippen LogP contribution in [0, 0.1) is 5.92 Å². The molecule has 59 heavy (non-hydrogen) atoms. The summed E-state index contributed by atoms with van der Waals surface area (Å²) in [6, 6.07) is -1.16. The number of nitrogens with one attached hydrogen (secondary N) is 1. The van der Waals surface area contributed by atoms with E-state index in [0.29, 0.717) is 19.3 Å². The number of ether oxygens (including phenoxy) is 2. The van der Waals surface area contributed by atoms with Gasteiger partial charge in [-0.25, -0.2) is 0 Å². The van der Waals surface area contributed by atoms with E-state index in [1.54, 1.807) is 0 Å². The molecule has 9 atom stereocenters. The third-order valence-electron chi connectivity index (χ3n) is 12.3. The monoisotopic (exact) mass is 846 g/mol. The van der Waals surface area contributed by atoms with E-state index in [0.717, 1.165) is 44.4 Å². The van der Waals surface area contributed by atoms with Gasteiger partial charge in [0.15, 0.2) is 6.29 Å². The lowest BCUT2D eigenvalue weighted by Gasteiger charge is -2.40. The van der Waals surface area contributed by atoms with E-state index in [1.807, 2.05) is 0 Å². The van der Waals surface area contributed by atoms with Crippen LogP contribution in [0.2, 0.25) is 0 Å². The second-order valence-corrected chi connectivity index (χ2v) is 18.4. The molecule has 1 amide bonds. The third kappa shape index (κ3) is 28.4. The molecule has 1 saturated heterocycles. The first-order valence-electron chi connectivity index (χ1n) is 24.8. The summed E-state index contributed by atoms with van der Waals surface area (Å²) >= 11 is 0. The summed E-state index contributed by atoms with van der Waals surface area (Å²) in [4.78, 5) is 13.1. The van der Waals surface area contributed by atoms with Gasteiger partial charge in [-0.1, -0.05) is 213 Å². The molecule has 0 spiro atoms. The van der Waals surface area contributed by atoms with E-state index < -0.39 is 74.2 Å². The van der Waals surface area contributed by atoms with Crippen LogP contribution >= 0.6 is 0 Å². The van der Waals surface area contributed by atoms with Crippen LogP contribution in [0.4, 0.5) is 0 Å². The van der Waals surface area contributed by atoms with Crippen LogP contribution in [0.3, 0.4) is 0 Å². The fraction of sp³-hybridized carbons (Fsp3) is 0.979. The second kappa shape index (κ2) is 37.6. The number of hydrogen-bond acceptors (Lipinski definition) is 10. The molecule has 1 aliphatic rings. The molecule has 352 valence electrons. The summed E-state index contributed by atoms with van der Waals surface area (Å²) < 4.78 is 11.1. The summed E-state index contributed by atoms with van der Waals surface area (Å²) in [6.45, 7) is 5.75. The third-order valence-corrected chi connectivity index (χ3v) is 12.3. The van der Waals surface area contributed by atoms with Gasteiger partial charge in [-0.05, 0) is 18.8 Å². The summed E-state index contributed by atoms with van der Waals surface area (Å²) in [5, 5.41) is 75.7. The Morgan fingerprint density at radius 3 is 1.36 bits per heavy atom.